The number of nitrogens with zero attached hydrogens (tertiary/aromatic N) is 2. The molecule has 0 aliphatic carbocycles. The fourth-order valence-electron chi connectivity index (χ4n) is 2.29. The Morgan fingerprint density at radius 2 is 2.05 bits per heavy atom. The fraction of sp³-hybridized carbons (Fsp3) is 0.133. The van der Waals surface area contributed by atoms with E-state index in [-0.39, 0.29) is 0 Å². The lowest BCUT2D eigenvalue weighted by Crippen LogP contribution is -1.99. The molecule has 102 valence electrons. The number of hydrogen-bond donors (Lipinski definition) is 0. The molecular weight excluding hydrogens is 359 g/mol. The summed E-state index contributed by atoms with van der Waals surface area (Å²) in [5, 5.41) is 0.664. The van der Waals surface area contributed by atoms with Crippen LogP contribution in [0.15, 0.2) is 40.9 Å². The lowest BCUT2D eigenvalue weighted by molar-refractivity contribution is 0.981. The number of aryl methyl sites for hydroxylation is 1. The van der Waals surface area contributed by atoms with E-state index in [1.165, 1.54) is 0 Å². The number of rotatable bonds is 2. The summed E-state index contributed by atoms with van der Waals surface area (Å²) in [4.78, 5) is 4.64. The quantitative estimate of drug-likeness (QED) is 0.546. The predicted molar refractivity (Wildman–Crippen MR) is 88.1 cm³/mol. The molecule has 5 heteroatoms. The molecule has 0 N–H and O–H groups in total. The second-order valence-electron chi connectivity index (χ2n) is 4.54. The number of alkyl halides is 1. The van der Waals surface area contributed by atoms with Crippen LogP contribution >= 0.6 is 39.1 Å². The number of imidazole rings is 1. The van der Waals surface area contributed by atoms with Crippen LogP contribution in [0.3, 0.4) is 0 Å². The van der Waals surface area contributed by atoms with Gasteiger partial charge < -0.3 is 0 Å². The first-order valence-corrected chi connectivity index (χ1v) is 7.80. The van der Waals surface area contributed by atoms with Crippen molar-refractivity contribution in [2.75, 3.05) is 0 Å². The highest BCUT2D eigenvalue weighted by atomic mass is 79.9. The zero-order valence-electron chi connectivity index (χ0n) is 10.7. The van der Waals surface area contributed by atoms with Gasteiger partial charge in [0, 0.05) is 10.2 Å². The van der Waals surface area contributed by atoms with Crippen LogP contribution < -0.4 is 0 Å². The third kappa shape index (κ3) is 2.24. The van der Waals surface area contributed by atoms with Crippen molar-refractivity contribution in [3.8, 4) is 5.69 Å². The van der Waals surface area contributed by atoms with Crippen LogP contribution in [0.5, 0.6) is 0 Å². The first kappa shape index (κ1) is 13.9. The Bertz CT molecular complexity index is 796. The summed E-state index contributed by atoms with van der Waals surface area (Å²) in [6, 6.07) is 11.9. The van der Waals surface area contributed by atoms with E-state index in [0.717, 1.165) is 32.6 Å². The average molecular weight is 370 g/mol. The minimum Gasteiger partial charge on any atom is -0.295 e. The molecular formula is C15H11BrCl2N2. The van der Waals surface area contributed by atoms with Gasteiger partial charge in [-0.3, -0.25) is 4.57 Å². The van der Waals surface area contributed by atoms with Gasteiger partial charge in [-0.1, -0.05) is 23.7 Å². The van der Waals surface area contributed by atoms with E-state index in [1.54, 1.807) is 0 Å². The van der Waals surface area contributed by atoms with Gasteiger partial charge in [0.15, 0.2) is 0 Å². The van der Waals surface area contributed by atoms with Crippen LogP contribution in [0.2, 0.25) is 5.02 Å². The number of hydrogen-bond acceptors (Lipinski definition) is 1. The zero-order chi connectivity index (χ0) is 14.3. The van der Waals surface area contributed by atoms with Crippen molar-refractivity contribution >= 4 is 50.2 Å². The van der Waals surface area contributed by atoms with Gasteiger partial charge in [0.25, 0.3) is 0 Å². The predicted octanol–water partition coefficient (Wildman–Crippen LogP) is 5.49. The molecule has 0 fully saturated rings. The van der Waals surface area contributed by atoms with E-state index in [2.05, 4.69) is 20.9 Å². The molecule has 0 amide bonds. The van der Waals surface area contributed by atoms with Crippen molar-refractivity contribution in [3.63, 3.8) is 0 Å². The third-order valence-electron chi connectivity index (χ3n) is 3.24. The molecule has 0 aliphatic heterocycles. The van der Waals surface area contributed by atoms with E-state index >= 15 is 0 Å². The summed E-state index contributed by atoms with van der Waals surface area (Å²) >= 11 is 15.7. The Balaban J connectivity index is 2.34. The lowest BCUT2D eigenvalue weighted by atomic mass is 10.2. The molecule has 1 heterocycles. The standard InChI is InChI=1S/C15H11BrCl2N2/c1-9-3-2-4-13-15(9)19-14(8-17)20(13)10-5-6-11(16)12(18)7-10/h2-7H,8H2,1H3. The molecule has 0 aliphatic rings. The van der Waals surface area contributed by atoms with Gasteiger partial charge in [-0.2, -0.15) is 0 Å². The Hall–Kier alpha value is -1.03. The summed E-state index contributed by atoms with van der Waals surface area (Å²) in [6.07, 6.45) is 0. The van der Waals surface area contributed by atoms with E-state index in [0.29, 0.717) is 10.9 Å². The molecule has 0 atom stereocenters. The molecule has 0 bridgehead atoms. The van der Waals surface area contributed by atoms with Gasteiger partial charge in [0.05, 0.1) is 21.9 Å². The highest BCUT2D eigenvalue weighted by molar-refractivity contribution is 9.10. The smallest absolute Gasteiger partial charge is 0.129 e. The molecule has 0 saturated carbocycles. The molecule has 0 saturated heterocycles. The maximum absolute atomic E-state index is 6.20. The number of benzene rings is 2. The first-order valence-electron chi connectivity index (χ1n) is 6.10. The lowest BCUT2D eigenvalue weighted by Gasteiger charge is -2.09. The third-order valence-corrected chi connectivity index (χ3v) is 4.71. The summed E-state index contributed by atoms with van der Waals surface area (Å²) in [5.74, 6) is 1.16. The fourth-order valence-corrected chi connectivity index (χ4v) is 2.89. The van der Waals surface area contributed by atoms with E-state index < -0.39 is 0 Å². The van der Waals surface area contributed by atoms with Crippen molar-refractivity contribution in [1.29, 1.82) is 0 Å². The highest BCUT2D eigenvalue weighted by Crippen LogP contribution is 2.29. The van der Waals surface area contributed by atoms with Gasteiger partial charge >= 0.3 is 0 Å². The second-order valence-corrected chi connectivity index (χ2v) is 6.07. The van der Waals surface area contributed by atoms with Crippen LogP contribution in [-0.4, -0.2) is 9.55 Å². The van der Waals surface area contributed by atoms with Gasteiger partial charge in [-0.25, -0.2) is 4.98 Å². The van der Waals surface area contributed by atoms with Crippen LogP contribution in [0.4, 0.5) is 0 Å². The Labute approximate surface area is 135 Å². The minimum absolute atomic E-state index is 0.349. The maximum atomic E-state index is 6.20. The molecule has 3 aromatic rings. The summed E-state index contributed by atoms with van der Waals surface area (Å²) in [6.45, 7) is 2.05. The van der Waals surface area contributed by atoms with Gasteiger partial charge in [-0.15, -0.1) is 11.6 Å². The van der Waals surface area contributed by atoms with Crippen molar-refractivity contribution in [3.05, 3.63) is 57.3 Å². The zero-order valence-corrected chi connectivity index (χ0v) is 13.8. The molecule has 0 unspecified atom stereocenters. The van der Waals surface area contributed by atoms with E-state index in [1.807, 2.05) is 47.9 Å². The Morgan fingerprint density at radius 3 is 2.75 bits per heavy atom. The molecule has 3 rings (SSSR count). The summed E-state index contributed by atoms with van der Waals surface area (Å²) in [7, 11) is 0. The minimum atomic E-state index is 0.349. The van der Waals surface area contributed by atoms with Crippen molar-refractivity contribution in [2.24, 2.45) is 0 Å². The van der Waals surface area contributed by atoms with Crippen LogP contribution in [0.1, 0.15) is 11.4 Å². The SMILES string of the molecule is Cc1cccc2c1nc(CCl)n2-c1ccc(Br)c(Cl)c1. The van der Waals surface area contributed by atoms with Crippen molar-refractivity contribution in [1.82, 2.24) is 9.55 Å². The molecule has 1 aromatic heterocycles. The van der Waals surface area contributed by atoms with Crippen LogP contribution in [-0.2, 0) is 5.88 Å². The van der Waals surface area contributed by atoms with Crippen LogP contribution in [0, 0.1) is 6.92 Å². The normalized spacial score (nSPS) is 11.2. The molecule has 2 nitrogen and oxygen atoms in total. The monoisotopic (exact) mass is 368 g/mol. The Morgan fingerprint density at radius 1 is 1.25 bits per heavy atom. The molecule has 0 radical (unpaired) electrons. The number of fused-ring (bicyclic) bond motifs is 1. The second kappa shape index (κ2) is 5.40. The molecule has 0 spiro atoms. The summed E-state index contributed by atoms with van der Waals surface area (Å²) in [5.41, 5.74) is 4.11. The van der Waals surface area contributed by atoms with E-state index in [9.17, 15) is 0 Å². The van der Waals surface area contributed by atoms with Crippen molar-refractivity contribution in [2.45, 2.75) is 12.8 Å². The Kier molecular flexibility index (Phi) is 3.76. The van der Waals surface area contributed by atoms with Gasteiger partial charge in [-0.05, 0) is 52.7 Å². The number of aromatic nitrogens is 2. The topological polar surface area (TPSA) is 17.8 Å². The largest absolute Gasteiger partial charge is 0.295 e. The number of halogens is 3. The van der Waals surface area contributed by atoms with Crippen molar-refractivity contribution < 1.29 is 0 Å². The van der Waals surface area contributed by atoms with Crippen LogP contribution in [0.25, 0.3) is 16.7 Å². The molecule has 20 heavy (non-hydrogen) atoms. The highest BCUT2D eigenvalue weighted by Gasteiger charge is 2.13. The maximum Gasteiger partial charge on any atom is 0.129 e. The van der Waals surface area contributed by atoms with Gasteiger partial charge in [0.2, 0.25) is 0 Å². The van der Waals surface area contributed by atoms with E-state index in [4.69, 9.17) is 23.2 Å². The van der Waals surface area contributed by atoms with Gasteiger partial charge in [0.1, 0.15) is 5.82 Å². The average Bonchev–Trinajstić information content (AvgIpc) is 2.82. The number of para-hydroxylation sites is 1. The molecule has 2 aromatic carbocycles. The first-order chi connectivity index (χ1) is 9.61. The summed E-state index contributed by atoms with van der Waals surface area (Å²) < 4.78 is 2.92.